The minimum Gasteiger partial charge on any atom is -0.481 e. The molecule has 116 valence electrons. The Labute approximate surface area is 131 Å². The van der Waals surface area contributed by atoms with Crippen LogP contribution in [0.15, 0.2) is 30.9 Å². The molecule has 0 aliphatic heterocycles. The fourth-order valence-corrected chi connectivity index (χ4v) is 2.12. The Balaban J connectivity index is 2.86. The SMILES string of the molecule is C=CCNC(=O)C(C)Oc1ccc(Cl)cc1C(C)NCC. The van der Waals surface area contributed by atoms with Crippen LogP contribution in [-0.2, 0) is 4.79 Å². The van der Waals surface area contributed by atoms with Crippen LogP contribution in [0, 0.1) is 0 Å². The molecule has 0 aliphatic carbocycles. The fraction of sp³-hybridized carbons (Fsp3) is 0.438. The third-order valence-corrected chi connectivity index (χ3v) is 3.28. The Morgan fingerprint density at radius 3 is 2.81 bits per heavy atom. The van der Waals surface area contributed by atoms with Crippen LogP contribution >= 0.6 is 11.6 Å². The zero-order valence-corrected chi connectivity index (χ0v) is 13.5. The summed E-state index contributed by atoms with van der Waals surface area (Å²) in [6, 6.07) is 5.50. The van der Waals surface area contributed by atoms with Crippen molar-refractivity contribution in [1.29, 1.82) is 0 Å². The van der Waals surface area contributed by atoms with E-state index in [1.165, 1.54) is 0 Å². The number of ether oxygens (including phenoxy) is 1. The van der Waals surface area contributed by atoms with Crippen LogP contribution in [0.1, 0.15) is 32.4 Å². The molecule has 0 spiro atoms. The Hall–Kier alpha value is -1.52. The zero-order valence-electron chi connectivity index (χ0n) is 12.8. The summed E-state index contributed by atoms with van der Waals surface area (Å²) in [7, 11) is 0. The van der Waals surface area contributed by atoms with Crippen molar-refractivity contribution >= 4 is 17.5 Å². The summed E-state index contributed by atoms with van der Waals surface area (Å²) in [5.74, 6) is 0.487. The summed E-state index contributed by atoms with van der Waals surface area (Å²) in [6.45, 7) is 10.6. The Bertz CT molecular complexity index is 491. The van der Waals surface area contributed by atoms with E-state index < -0.39 is 6.10 Å². The van der Waals surface area contributed by atoms with Gasteiger partial charge in [-0.3, -0.25) is 4.79 Å². The van der Waals surface area contributed by atoms with Gasteiger partial charge < -0.3 is 15.4 Å². The molecule has 21 heavy (non-hydrogen) atoms. The second kappa shape index (κ2) is 8.70. The number of carbonyl (C=O) groups is 1. The molecular weight excluding hydrogens is 288 g/mol. The summed E-state index contributed by atoms with van der Waals surface area (Å²) >= 11 is 6.05. The van der Waals surface area contributed by atoms with E-state index in [0.29, 0.717) is 17.3 Å². The van der Waals surface area contributed by atoms with Crippen molar-refractivity contribution in [3.05, 3.63) is 41.4 Å². The standard InChI is InChI=1S/C16H23ClN2O2/c1-5-9-19-16(20)12(4)21-15-8-7-13(17)10-14(15)11(3)18-6-2/h5,7-8,10-12,18H,1,6,9H2,2-4H3,(H,19,20). The predicted octanol–water partition coefficient (Wildman–Crippen LogP) is 3.08. The lowest BCUT2D eigenvalue weighted by atomic mass is 10.1. The van der Waals surface area contributed by atoms with Gasteiger partial charge >= 0.3 is 0 Å². The zero-order chi connectivity index (χ0) is 15.8. The molecule has 1 aromatic carbocycles. The normalized spacial score (nSPS) is 13.3. The number of carbonyl (C=O) groups excluding carboxylic acids is 1. The van der Waals surface area contributed by atoms with Crippen LogP contribution in [0.25, 0.3) is 0 Å². The highest BCUT2D eigenvalue weighted by molar-refractivity contribution is 6.30. The minimum atomic E-state index is -0.585. The quantitative estimate of drug-likeness (QED) is 0.726. The first kappa shape index (κ1) is 17.5. The molecule has 2 atom stereocenters. The molecule has 0 fully saturated rings. The molecule has 0 saturated carbocycles. The van der Waals surface area contributed by atoms with Crippen LogP contribution < -0.4 is 15.4 Å². The van der Waals surface area contributed by atoms with E-state index in [1.54, 1.807) is 25.1 Å². The average Bonchev–Trinajstić information content (AvgIpc) is 2.46. The molecule has 1 amide bonds. The molecule has 2 unspecified atom stereocenters. The lowest BCUT2D eigenvalue weighted by Crippen LogP contribution is -2.36. The van der Waals surface area contributed by atoms with Crippen LogP contribution in [0.3, 0.4) is 0 Å². The molecule has 0 radical (unpaired) electrons. The third kappa shape index (κ3) is 5.40. The van der Waals surface area contributed by atoms with Crippen molar-refractivity contribution in [1.82, 2.24) is 10.6 Å². The highest BCUT2D eigenvalue weighted by Gasteiger charge is 2.18. The molecule has 2 N–H and O–H groups in total. The summed E-state index contributed by atoms with van der Waals surface area (Å²) in [6.07, 6.45) is 1.05. The average molecular weight is 311 g/mol. The van der Waals surface area contributed by atoms with Gasteiger partial charge in [0.25, 0.3) is 5.91 Å². The number of hydrogen-bond donors (Lipinski definition) is 2. The molecular formula is C16H23ClN2O2. The van der Waals surface area contributed by atoms with E-state index in [2.05, 4.69) is 17.2 Å². The number of benzene rings is 1. The van der Waals surface area contributed by atoms with Crippen molar-refractivity contribution < 1.29 is 9.53 Å². The first-order valence-corrected chi connectivity index (χ1v) is 7.45. The molecule has 0 bridgehead atoms. The number of amides is 1. The molecule has 5 heteroatoms. The predicted molar refractivity (Wildman–Crippen MR) is 86.8 cm³/mol. The van der Waals surface area contributed by atoms with E-state index >= 15 is 0 Å². The van der Waals surface area contributed by atoms with Crippen molar-refractivity contribution in [2.45, 2.75) is 32.9 Å². The first-order chi connectivity index (χ1) is 9.99. The molecule has 0 saturated heterocycles. The van der Waals surface area contributed by atoms with Crippen molar-refractivity contribution in [2.75, 3.05) is 13.1 Å². The second-order valence-corrected chi connectivity index (χ2v) is 5.19. The van der Waals surface area contributed by atoms with Gasteiger partial charge in [0.15, 0.2) is 6.10 Å². The van der Waals surface area contributed by atoms with Crippen molar-refractivity contribution in [3.63, 3.8) is 0 Å². The van der Waals surface area contributed by atoms with Gasteiger partial charge in [-0.25, -0.2) is 0 Å². The van der Waals surface area contributed by atoms with Gasteiger partial charge in [-0.15, -0.1) is 6.58 Å². The largest absolute Gasteiger partial charge is 0.481 e. The molecule has 1 aromatic rings. The highest BCUT2D eigenvalue weighted by Crippen LogP contribution is 2.29. The van der Waals surface area contributed by atoms with Gasteiger partial charge in [-0.2, -0.15) is 0 Å². The monoisotopic (exact) mass is 310 g/mol. The van der Waals surface area contributed by atoms with Crippen LogP contribution in [-0.4, -0.2) is 25.1 Å². The van der Waals surface area contributed by atoms with Crippen molar-refractivity contribution in [2.24, 2.45) is 0 Å². The van der Waals surface area contributed by atoms with E-state index in [-0.39, 0.29) is 11.9 Å². The lowest BCUT2D eigenvalue weighted by Gasteiger charge is -2.21. The Kier molecular flexibility index (Phi) is 7.26. The van der Waals surface area contributed by atoms with Gasteiger partial charge in [0.1, 0.15) is 5.75 Å². The number of nitrogens with one attached hydrogen (secondary N) is 2. The summed E-state index contributed by atoms with van der Waals surface area (Å²) in [4.78, 5) is 11.9. The van der Waals surface area contributed by atoms with Gasteiger partial charge in [-0.1, -0.05) is 24.6 Å². The summed E-state index contributed by atoms with van der Waals surface area (Å²) in [5, 5.41) is 6.67. The maximum absolute atomic E-state index is 11.9. The van der Waals surface area contributed by atoms with Crippen LogP contribution in [0.2, 0.25) is 5.02 Å². The number of halogens is 1. The maximum atomic E-state index is 11.9. The van der Waals surface area contributed by atoms with Gasteiger partial charge in [-0.05, 0) is 38.6 Å². The topological polar surface area (TPSA) is 50.4 Å². The summed E-state index contributed by atoms with van der Waals surface area (Å²) in [5.41, 5.74) is 0.938. The minimum absolute atomic E-state index is 0.0899. The lowest BCUT2D eigenvalue weighted by molar-refractivity contribution is -0.127. The third-order valence-electron chi connectivity index (χ3n) is 3.04. The molecule has 0 aliphatic rings. The molecule has 4 nitrogen and oxygen atoms in total. The molecule has 0 aromatic heterocycles. The van der Waals surface area contributed by atoms with Gasteiger partial charge in [0.2, 0.25) is 0 Å². The van der Waals surface area contributed by atoms with E-state index in [0.717, 1.165) is 12.1 Å². The van der Waals surface area contributed by atoms with Crippen LogP contribution in [0.4, 0.5) is 0 Å². The van der Waals surface area contributed by atoms with Gasteiger partial charge in [0.05, 0.1) is 0 Å². The highest BCUT2D eigenvalue weighted by atomic mass is 35.5. The summed E-state index contributed by atoms with van der Waals surface area (Å²) < 4.78 is 5.78. The molecule has 0 heterocycles. The maximum Gasteiger partial charge on any atom is 0.261 e. The Morgan fingerprint density at radius 1 is 1.48 bits per heavy atom. The first-order valence-electron chi connectivity index (χ1n) is 7.07. The Morgan fingerprint density at radius 2 is 2.19 bits per heavy atom. The fourth-order valence-electron chi connectivity index (χ4n) is 1.94. The second-order valence-electron chi connectivity index (χ2n) is 4.76. The number of rotatable bonds is 8. The smallest absolute Gasteiger partial charge is 0.261 e. The molecule has 1 rings (SSSR count). The van der Waals surface area contributed by atoms with Crippen molar-refractivity contribution in [3.8, 4) is 5.75 Å². The van der Waals surface area contributed by atoms with E-state index in [1.807, 2.05) is 19.9 Å². The number of hydrogen-bond acceptors (Lipinski definition) is 3. The van der Waals surface area contributed by atoms with E-state index in [4.69, 9.17) is 16.3 Å². The van der Waals surface area contributed by atoms with Crippen LogP contribution in [0.5, 0.6) is 5.75 Å². The van der Waals surface area contributed by atoms with Gasteiger partial charge in [0, 0.05) is 23.2 Å². The van der Waals surface area contributed by atoms with E-state index in [9.17, 15) is 4.79 Å².